The summed E-state index contributed by atoms with van der Waals surface area (Å²) in [6, 6.07) is 11.4. The van der Waals surface area contributed by atoms with Gasteiger partial charge in [0, 0.05) is 0 Å². The second-order valence-corrected chi connectivity index (χ2v) is 4.71. The standard InChI is InChI=1S/C14H10N4S/c1-10-14(19-9-18-10)12-4-2-11(3-5-12)8-17-13(6-15)7-16/h2-5,9H,8H2,1H3. The van der Waals surface area contributed by atoms with Gasteiger partial charge in [0.25, 0.3) is 0 Å². The second-order valence-electron chi connectivity index (χ2n) is 3.85. The van der Waals surface area contributed by atoms with Gasteiger partial charge >= 0.3 is 0 Å². The lowest BCUT2D eigenvalue weighted by molar-refractivity contribution is 1.07. The van der Waals surface area contributed by atoms with Gasteiger partial charge < -0.3 is 0 Å². The Morgan fingerprint density at radius 3 is 2.47 bits per heavy atom. The predicted molar refractivity (Wildman–Crippen MR) is 74.7 cm³/mol. The Balaban J connectivity index is 2.17. The van der Waals surface area contributed by atoms with Crippen LogP contribution in [0.2, 0.25) is 0 Å². The molecule has 2 aromatic rings. The van der Waals surface area contributed by atoms with E-state index in [1.807, 2.05) is 36.7 Å². The van der Waals surface area contributed by atoms with Gasteiger partial charge in [-0.05, 0) is 18.1 Å². The smallest absolute Gasteiger partial charge is 0.213 e. The Morgan fingerprint density at radius 2 is 1.95 bits per heavy atom. The molecule has 1 aromatic carbocycles. The number of aryl methyl sites for hydroxylation is 1. The Kier molecular flexibility index (Phi) is 4.02. The van der Waals surface area contributed by atoms with Crippen molar-refractivity contribution in [1.82, 2.24) is 4.98 Å². The summed E-state index contributed by atoms with van der Waals surface area (Å²) in [5.74, 6) is 0. The number of nitrogens with zero attached hydrogens (tertiary/aromatic N) is 4. The monoisotopic (exact) mass is 266 g/mol. The van der Waals surface area contributed by atoms with Gasteiger partial charge in [0.2, 0.25) is 5.71 Å². The molecular formula is C14H10N4S. The zero-order valence-electron chi connectivity index (χ0n) is 10.3. The summed E-state index contributed by atoms with van der Waals surface area (Å²) in [5, 5.41) is 17.2. The fourth-order valence-electron chi connectivity index (χ4n) is 1.61. The van der Waals surface area contributed by atoms with Crippen LogP contribution in [0.25, 0.3) is 10.4 Å². The summed E-state index contributed by atoms with van der Waals surface area (Å²) >= 11 is 1.61. The third kappa shape index (κ3) is 3.04. The van der Waals surface area contributed by atoms with E-state index in [4.69, 9.17) is 10.5 Å². The summed E-state index contributed by atoms with van der Waals surface area (Å²) < 4.78 is 0. The third-order valence-corrected chi connectivity index (χ3v) is 3.57. The maximum absolute atomic E-state index is 8.59. The van der Waals surface area contributed by atoms with Crippen molar-refractivity contribution in [2.75, 3.05) is 0 Å². The molecule has 0 fully saturated rings. The molecule has 4 nitrogen and oxygen atoms in total. The Hall–Kier alpha value is -2.50. The number of rotatable bonds is 3. The van der Waals surface area contributed by atoms with E-state index in [0.717, 1.165) is 21.7 Å². The van der Waals surface area contributed by atoms with E-state index in [0.29, 0.717) is 6.54 Å². The largest absolute Gasteiger partial charge is 0.260 e. The third-order valence-electron chi connectivity index (χ3n) is 2.59. The van der Waals surface area contributed by atoms with Gasteiger partial charge in [-0.3, -0.25) is 4.99 Å². The molecule has 1 heterocycles. The molecule has 0 unspecified atom stereocenters. The van der Waals surface area contributed by atoms with Crippen LogP contribution in [0, 0.1) is 29.6 Å². The molecule has 0 aliphatic rings. The van der Waals surface area contributed by atoms with Crippen molar-refractivity contribution in [2.24, 2.45) is 4.99 Å². The molecule has 0 saturated heterocycles. The number of aromatic nitrogens is 1. The van der Waals surface area contributed by atoms with E-state index in [9.17, 15) is 0 Å². The number of hydrogen-bond acceptors (Lipinski definition) is 5. The van der Waals surface area contributed by atoms with Crippen LogP contribution in [0.5, 0.6) is 0 Å². The summed E-state index contributed by atoms with van der Waals surface area (Å²) in [6.45, 7) is 2.33. The molecule has 0 aliphatic carbocycles. The molecule has 0 amide bonds. The van der Waals surface area contributed by atoms with Gasteiger partial charge in [0.15, 0.2) is 0 Å². The molecule has 0 radical (unpaired) electrons. The maximum Gasteiger partial charge on any atom is 0.213 e. The SMILES string of the molecule is Cc1ncsc1-c1ccc(CN=C(C#N)C#N)cc1. The minimum Gasteiger partial charge on any atom is -0.260 e. The lowest BCUT2D eigenvalue weighted by Gasteiger charge is -2.01. The summed E-state index contributed by atoms with van der Waals surface area (Å²) in [4.78, 5) is 9.30. The van der Waals surface area contributed by atoms with E-state index in [2.05, 4.69) is 9.98 Å². The van der Waals surface area contributed by atoms with Crippen LogP contribution in [-0.4, -0.2) is 10.7 Å². The lowest BCUT2D eigenvalue weighted by Crippen LogP contribution is -1.90. The highest BCUT2D eigenvalue weighted by Crippen LogP contribution is 2.27. The van der Waals surface area contributed by atoms with E-state index in [1.54, 1.807) is 23.5 Å². The van der Waals surface area contributed by atoms with Crippen LogP contribution in [0.15, 0.2) is 34.8 Å². The fraction of sp³-hybridized carbons (Fsp3) is 0.143. The van der Waals surface area contributed by atoms with Gasteiger partial charge in [-0.25, -0.2) is 4.98 Å². The highest BCUT2D eigenvalue weighted by atomic mass is 32.1. The molecule has 0 saturated carbocycles. The Morgan fingerprint density at radius 1 is 1.26 bits per heavy atom. The van der Waals surface area contributed by atoms with Crippen LogP contribution >= 0.6 is 11.3 Å². The first-order valence-corrected chi connectivity index (χ1v) is 6.46. The van der Waals surface area contributed by atoms with Gasteiger partial charge in [0.05, 0.1) is 22.6 Å². The van der Waals surface area contributed by atoms with Gasteiger partial charge in [0.1, 0.15) is 12.1 Å². The zero-order valence-corrected chi connectivity index (χ0v) is 11.1. The minimum absolute atomic E-state index is 0.0950. The highest BCUT2D eigenvalue weighted by molar-refractivity contribution is 7.13. The average Bonchev–Trinajstić information content (AvgIpc) is 2.87. The van der Waals surface area contributed by atoms with Crippen molar-refractivity contribution in [3.05, 3.63) is 41.0 Å². The van der Waals surface area contributed by atoms with Crippen molar-refractivity contribution in [2.45, 2.75) is 13.5 Å². The summed E-state index contributed by atoms with van der Waals surface area (Å²) in [5.41, 5.74) is 4.84. The van der Waals surface area contributed by atoms with Crippen LogP contribution < -0.4 is 0 Å². The van der Waals surface area contributed by atoms with E-state index in [-0.39, 0.29) is 5.71 Å². The van der Waals surface area contributed by atoms with Gasteiger partial charge in [-0.2, -0.15) is 10.5 Å². The molecular weight excluding hydrogens is 256 g/mol. The highest BCUT2D eigenvalue weighted by Gasteiger charge is 2.04. The molecule has 0 atom stereocenters. The van der Waals surface area contributed by atoms with E-state index >= 15 is 0 Å². The van der Waals surface area contributed by atoms with Crippen molar-refractivity contribution >= 4 is 17.0 Å². The topological polar surface area (TPSA) is 72.8 Å². The maximum atomic E-state index is 8.59. The zero-order chi connectivity index (χ0) is 13.7. The van der Waals surface area contributed by atoms with Crippen LogP contribution in [-0.2, 0) is 6.54 Å². The molecule has 19 heavy (non-hydrogen) atoms. The Labute approximate surface area is 115 Å². The van der Waals surface area contributed by atoms with Crippen molar-refractivity contribution in [1.29, 1.82) is 10.5 Å². The average molecular weight is 266 g/mol. The first-order chi connectivity index (χ1) is 9.24. The molecule has 0 N–H and O–H groups in total. The fourth-order valence-corrected chi connectivity index (χ4v) is 2.42. The molecule has 2 rings (SSSR count). The number of nitriles is 2. The molecule has 1 aromatic heterocycles. The van der Waals surface area contributed by atoms with Crippen molar-refractivity contribution < 1.29 is 0 Å². The summed E-state index contributed by atoms with van der Waals surface area (Å²) in [6.07, 6.45) is 0. The minimum atomic E-state index is -0.0950. The van der Waals surface area contributed by atoms with Crippen LogP contribution in [0.3, 0.4) is 0 Å². The predicted octanol–water partition coefficient (Wildman–Crippen LogP) is 3.11. The lowest BCUT2D eigenvalue weighted by atomic mass is 10.1. The molecule has 92 valence electrons. The first-order valence-electron chi connectivity index (χ1n) is 5.58. The van der Waals surface area contributed by atoms with Gasteiger partial charge in [-0.1, -0.05) is 24.3 Å². The quantitative estimate of drug-likeness (QED) is 0.801. The molecule has 5 heteroatoms. The molecule has 0 aliphatic heterocycles. The van der Waals surface area contributed by atoms with Crippen molar-refractivity contribution in [3.63, 3.8) is 0 Å². The molecule has 0 spiro atoms. The normalized spacial score (nSPS) is 9.42. The number of thiazole rings is 1. The second kappa shape index (κ2) is 5.90. The van der Waals surface area contributed by atoms with Crippen LogP contribution in [0.4, 0.5) is 0 Å². The van der Waals surface area contributed by atoms with E-state index in [1.165, 1.54) is 0 Å². The first kappa shape index (κ1) is 12.9. The molecule has 0 bridgehead atoms. The van der Waals surface area contributed by atoms with Crippen LogP contribution in [0.1, 0.15) is 11.3 Å². The number of hydrogen-bond donors (Lipinski definition) is 0. The van der Waals surface area contributed by atoms with Crippen molar-refractivity contribution in [3.8, 4) is 22.6 Å². The van der Waals surface area contributed by atoms with Gasteiger partial charge in [-0.15, -0.1) is 11.3 Å². The van der Waals surface area contributed by atoms with E-state index < -0.39 is 0 Å². The number of aliphatic imine (C=N–C) groups is 1. The summed E-state index contributed by atoms with van der Waals surface area (Å²) in [7, 11) is 0. The number of benzene rings is 1. The Bertz CT molecular complexity index is 667.